The lowest BCUT2D eigenvalue weighted by Gasteiger charge is -2.05. The molecule has 4 nitrogen and oxygen atoms in total. The summed E-state index contributed by atoms with van der Waals surface area (Å²) in [6, 6.07) is 6.22. The molecule has 0 saturated heterocycles. The zero-order valence-electron chi connectivity index (χ0n) is 8.99. The van der Waals surface area contributed by atoms with Gasteiger partial charge in [0.1, 0.15) is 11.7 Å². The van der Waals surface area contributed by atoms with E-state index in [2.05, 4.69) is 10.5 Å². The van der Waals surface area contributed by atoms with Gasteiger partial charge in [-0.1, -0.05) is 5.16 Å². The standard InChI is InChI=1S/C11H16FN3O/c12-9-4-6-10(7-5-9)14-8-2-1-3-11(13)15-16/h4-7,14,16H,1-3,8H2,(H2,13,15). The molecule has 0 spiro atoms. The van der Waals surface area contributed by atoms with Gasteiger partial charge < -0.3 is 16.3 Å². The number of unbranched alkanes of at least 4 members (excludes halogenated alkanes) is 1. The first kappa shape index (κ1) is 12.3. The number of nitrogens with one attached hydrogen (secondary N) is 1. The Hall–Kier alpha value is -1.78. The van der Waals surface area contributed by atoms with Crippen molar-refractivity contribution in [1.82, 2.24) is 0 Å². The van der Waals surface area contributed by atoms with Crippen LogP contribution in [0.25, 0.3) is 0 Å². The molecule has 0 unspecified atom stereocenters. The van der Waals surface area contributed by atoms with E-state index in [1.54, 1.807) is 12.1 Å². The normalized spacial score (nSPS) is 11.4. The average molecular weight is 225 g/mol. The molecule has 0 saturated carbocycles. The zero-order chi connectivity index (χ0) is 11.8. The van der Waals surface area contributed by atoms with Crippen molar-refractivity contribution >= 4 is 11.5 Å². The predicted molar refractivity (Wildman–Crippen MR) is 62.1 cm³/mol. The molecule has 0 radical (unpaired) electrons. The third kappa shape index (κ3) is 4.63. The van der Waals surface area contributed by atoms with E-state index in [9.17, 15) is 4.39 Å². The quantitative estimate of drug-likeness (QED) is 0.228. The minimum atomic E-state index is -0.238. The number of rotatable bonds is 6. The van der Waals surface area contributed by atoms with Crippen LogP contribution in [0.4, 0.5) is 10.1 Å². The highest BCUT2D eigenvalue weighted by atomic mass is 19.1. The molecule has 0 aromatic heterocycles. The molecule has 88 valence electrons. The smallest absolute Gasteiger partial charge is 0.139 e. The number of nitrogens with two attached hydrogens (primary N) is 1. The van der Waals surface area contributed by atoms with Crippen molar-refractivity contribution in [3.63, 3.8) is 0 Å². The van der Waals surface area contributed by atoms with Crippen LogP contribution in [0.3, 0.4) is 0 Å². The number of anilines is 1. The Labute approximate surface area is 94.0 Å². The summed E-state index contributed by atoms with van der Waals surface area (Å²) < 4.78 is 12.6. The van der Waals surface area contributed by atoms with Crippen molar-refractivity contribution in [3.8, 4) is 0 Å². The highest BCUT2D eigenvalue weighted by Crippen LogP contribution is 2.08. The highest BCUT2D eigenvalue weighted by molar-refractivity contribution is 5.79. The summed E-state index contributed by atoms with van der Waals surface area (Å²) in [6.45, 7) is 0.782. The van der Waals surface area contributed by atoms with Crippen molar-refractivity contribution in [2.75, 3.05) is 11.9 Å². The van der Waals surface area contributed by atoms with Crippen molar-refractivity contribution < 1.29 is 9.60 Å². The van der Waals surface area contributed by atoms with Gasteiger partial charge in [0.15, 0.2) is 0 Å². The summed E-state index contributed by atoms with van der Waals surface area (Å²) in [5.41, 5.74) is 6.21. The minimum Gasteiger partial charge on any atom is -0.409 e. The number of hydrogen-bond acceptors (Lipinski definition) is 3. The predicted octanol–water partition coefficient (Wildman–Crippen LogP) is 2.15. The molecule has 1 rings (SSSR count). The Morgan fingerprint density at radius 2 is 2.00 bits per heavy atom. The number of nitrogens with zero attached hydrogens (tertiary/aromatic N) is 1. The molecule has 16 heavy (non-hydrogen) atoms. The van der Waals surface area contributed by atoms with E-state index < -0.39 is 0 Å². The Morgan fingerprint density at radius 1 is 1.31 bits per heavy atom. The van der Waals surface area contributed by atoms with Gasteiger partial charge >= 0.3 is 0 Å². The van der Waals surface area contributed by atoms with Crippen LogP contribution in [0.5, 0.6) is 0 Å². The van der Waals surface area contributed by atoms with Gasteiger partial charge in [-0.2, -0.15) is 0 Å². The first-order valence-electron chi connectivity index (χ1n) is 5.18. The molecule has 0 aliphatic heterocycles. The van der Waals surface area contributed by atoms with E-state index in [0.717, 1.165) is 25.1 Å². The summed E-state index contributed by atoms with van der Waals surface area (Å²) >= 11 is 0. The Bertz CT molecular complexity index is 338. The van der Waals surface area contributed by atoms with Gasteiger partial charge in [0.25, 0.3) is 0 Å². The number of benzene rings is 1. The van der Waals surface area contributed by atoms with Crippen LogP contribution in [0.2, 0.25) is 0 Å². The average Bonchev–Trinajstić information content (AvgIpc) is 2.31. The van der Waals surface area contributed by atoms with Gasteiger partial charge in [-0.3, -0.25) is 0 Å². The third-order valence-corrected chi connectivity index (χ3v) is 2.16. The summed E-state index contributed by atoms with van der Waals surface area (Å²) in [5.74, 6) is 0.0132. The molecule has 0 bridgehead atoms. The van der Waals surface area contributed by atoms with Crippen LogP contribution >= 0.6 is 0 Å². The van der Waals surface area contributed by atoms with E-state index in [0.29, 0.717) is 6.42 Å². The summed E-state index contributed by atoms with van der Waals surface area (Å²) in [5, 5.41) is 14.3. The molecule has 5 heteroatoms. The fourth-order valence-electron chi connectivity index (χ4n) is 1.28. The molecule has 0 amide bonds. The van der Waals surface area contributed by atoms with Gasteiger partial charge in [-0.15, -0.1) is 0 Å². The van der Waals surface area contributed by atoms with E-state index in [-0.39, 0.29) is 11.7 Å². The zero-order valence-corrected chi connectivity index (χ0v) is 8.99. The Balaban J connectivity index is 2.14. The van der Waals surface area contributed by atoms with Crippen LogP contribution in [0.15, 0.2) is 29.4 Å². The van der Waals surface area contributed by atoms with Crippen LogP contribution in [-0.2, 0) is 0 Å². The number of oxime groups is 1. The Kier molecular flexibility index (Phi) is 5.11. The summed E-state index contributed by atoms with van der Waals surface area (Å²) in [4.78, 5) is 0. The first-order chi connectivity index (χ1) is 7.72. The lowest BCUT2D eigenvalue weighted by molar-refractivity contribution is 0.316. The van der Waals surface area contributed by atoms with Crippen LogP contribution < -0.4 is 11.1 Å². The largest absolute Gasteiger partial charge is 0.409 e. The number of halogens is 1. The Morgan fingerprint density at radius 3 is 2.62 bits per heavy atom. The summed E-state index contributed by atoms with van der Waals surface area (Å²) in [7, 11) is 0. The van der Waals surface area contributed by atoms with Crippen LogP contribution in [0.1, 0.15) is 19.3 Å². The van der Waals surface area contributed by atoms with E-state index >= 15 is 0 Å². The maximum Gasteiger partial charge on any atom is 0.139 e. The lowest BCUT2D eigenvalue weighted by Crippen LogP contribution is -2.11. The number of hydrogen-bond donors (Lipinski definition) is 3. The van der Waals surface area contributed by atoms with Gasteiger partial charge in [0, 0.05) is 18.7 Å². The molecule has 0 aliphatic rings. The molecule has 1 aromatic carbocycles. The van der Waals surface area contributed by atoms with Crippen LogP contribution in [-0.4, -0.2) is 17.6 Å². The van der Waals surface area contributed by atoms with Crippen molar-refractivity contribution in [2.45, 2.75) is 19.3 Å². The molecule has 0 heterocycles. The van der Waals surface area contributed by atoms with Crippen molar-refractivity contribution in [1.29, 1.82) is 0 Å². The lowest BCUT2D eigenvalue weighted by atomic mass is 10.2. The third-order valence-electron chi connectivity index (χ3n) is 2.16. The molecule has 0 aliphatic carbocycles. The first-order valence-corrected chi connectivity index (χ1v) is 5.18. The molecular weight excluding hydrogens is 209 g/mol. The fourth-order valence-corrected chi connectivity index (χ4v) is 1.28. The second kappa shape index (κ2) is 6.66. The summed E-state index contributed by atoms with van der Waals surface area (Å²) in [6.07, 6.45) is 2.35. The molecule has 4 N–H and O–H groups in total. The van der Waals surface area contributed by atoms with Crippen LogP contribution in [0, 0.1) is 5.82 Å². The van der Waals surface area contributed by atoms with Crippen molar-refractivity contribution in [2.24, 2.45) is 10.9 Å². The minimum absolute atomic E-state index is 0.238. The van der Waals surface area contributed by atoms with E-state index in [1.807, 2.05) is 0 Å². The molecule has 1 aromatic rings. The maximum absolute atomic E-state index is 12.6. The van der Waals surface area contributed by atoms with Crippen molar-refractivity contribution in [3.05, 3.63) is 30.1 Å². The SMILES string of the molecule is NC(CCCCNc1ccc(F)cc1)=NO. The molecule has 0 atom stereocenters. The molecule has 0 fully saturated rings. The van der Waals surface area contributed by atoms with E-state index in [4.69, 9.17) is 10.9 Å². The molecular formula is C11H16FN3O. The number of amidine groups is 1. The highest BCUT2D eigenvalue weighted by Gasteiger charge is 1.95. The second-order valence-corrected chi connectivity index (χ2v) is 3.48. The fraction of sp³-hybridized carbons (Fsp3) is 0.364. The van der Waals surface area contributed by atoms with Gasteiger partial charge in [-0.05, 0) is 37.1 Å². The monoisotopic (exact) mass is 225 g/mol. The topological polar surface area (TPSA) is 70.6 Å². The second-order valence-electron chi connectivity index (χ2n) is 3.48. The maximum atomic E-state index is 12.6. The van der Waals surface area contributed by atoms with Gasteiger partial charge in [-0.25, -0.2) is 4.39 Å². The van der Waals surface area contributed by atoms with E-state index in [1.165, 1.54) is 12.1 Å². The van der Waals surface area contributed by atoms with Gasteiger partial charge in [0.2, 0.25) is 0 Å². The van der Waals surface area contributed by atoms with Gasteiger partial charge in [0.05, 0.1) is 0 Å².